The number of rotatable bonds is 1. The molecule has 0 radical (unpaired) electrons. The van der Waals surface area contributed by atoms with Gasteiger partial charge in [0.1, 0.15) is 0 Å². The number of ether oxygens (including phenoxy) is 1. The Morgan fingerprint density at radius 3 is 1.76 bits per heavy atom. The Morgan fingerprint density at radius 1 is 0.905 bits per heavy atom. The number of fused-ring (bicyclic) bond motifs is 3. The topological polar surface area (TPSA) is 26.3 Å². The molecule has 2 aromatic rings. The van der Waals surface area contributed by atoms with Crippen LogP contribution in [0.15, 0.2) is 48.5 Å². The molecular formula is C19H20O2. The molecule has 2 heteroatoms. The van der Waals surface area contributed by atoms with Crippen LogP contribution in [0.1, 0.15) is 38.8 Å². The smallest absolute Gasteiger partial charge is 0.312 e. The van der Waals surface area contributed by atoms with Crippen molar-refractivity contribution in [2.75, 3.05) is 0 Å². The van der Waals surface area contributed by atoms with Gasteiger partial charge in [0.25, 0.3) is 0 Å². The highest BCUT2D eigenvalue weighted by Gasteiger charge is 2.43. The van der Waals surface area contributed by atoms with Crippen molar-refractivity contribution >= 4 is 5.97 Å². The van der Waals surface area contributed by atoms with Gasteiger partial charge in [0.05, 0.1) is 5.41 Å². The number of carbonyl (C=O) groups is 1. The van der Waals surface area contributed by atoms with E-state index in [1.54, 1.807) is 0 Å². The van der Waals surface area contributed by atoms with E-state index in [0.717, 1.165) is 22.3 Å². The molecule has 0 amide bonds. The van der Waals surface area contributed by atoms with Crippen LogP contribution in [0.4, 0.5) is 0 Å². The Bertz CT molecular complexity index is 662. The highest BCUT2D eigenvalue weighted by atomic mass is 16.6. The molecule has 0 aliphatic heterocycles. The third-order valence-corrected chi connectivity index (χ3v) is 4.08. The summed E-state index contributed by atoms with van der Waals surface area (Å²) >= 11 is 0. The predicted octanol–water partition coefficient (Wildman–Crippen LogP) is 4.52. The van der Waals surface area contributed by atoms with Crippen molar-refractivity contribution in [3.05, 3.63) is 59.7 Å². The summed E-state index contributed by atoms with van der Waals surface area (Å²) in [5, 5.41) is 0. The van der Waals surface area contributed by atoms with Crippen LogP contribution in [0.5, 0.6) is 0 Å². The highest BCUT2D eigenvalue weighted by molar-refractivity contribution is 5.83. The summed E-state index contributed by atoms with van der Waals surface area (Å²) in [6.07, 6.45) is 0. The molecule has 0 spiro atoms. The zero-order valence-electron chi connectivity index (χ0n) is 12.9. The summed E-state index contributed by atoms with van der Waals surface area (Å²) < 4.78 is 5.98. The number of carbonyl (C=O) groups excluding carboxylic acids is 1. The lowest BCUT2D eigenvalue weighted by molar-refractivity contribution is -0.164. The summed E-state index contributed by atoms with van der Waals surface area (Å²) in [5.41, 5.74) is 3.19. The van der Waals surface area contributed by atoms with Crippen LogP contribution in [0.25, 0.3) is 11.1 Å². The van der Waals surface area contributed by atoms with E-state index in [9.17, 15) is 4.79 Å². The minimum atomic E-state index is -0.711. The molecule has 0 heterocycles. The van der Waals surface area contributed by atoms with E-state index >= 15 is 0 Å². The van der Waals surface area contributed by atoms with E-state index in [1.807, 2.05) is 64.1 Å². The molecule has 2 nitrogen and oxygen atoms in total. The SMILES string of the molecule is CC(C)(C)C(=O)OC1(C)c2ccccc2-c2ccccc21. The molecule has 0 fully saturated rings. The molecule has 1 aliphatic carbocycles. The summed E-state index contributed by atoms with van der Waals surface area (Å²) in [4.78, 5) is 12.4. The molecule has 2 aromatic carbocycles. The third kappa shape index (κ3) is 2.06. The molecular weight excluding hydrogens is 260 g/mol. The molecule has 3 rings (SSSR count). The summed E-state index contributed by atoms with van der Waals surface area (Å²) in [7, 11) is 0. The number of hydrogen-bond acceptors (Lipinski definition) is 2. The highest BCUT2D eigenvalue weighted by Crippen LogP contribution is 2.49. The maximum Gasteiger partial charge on any atom is 0.312 e. The first kappa shape index (κ1) is 13.9. The normalized spacial score (nSPS) is 15.2. The molecule has 21 heavy (non-hydrogen) atoms. The average Bonchev–Trinajstić information content (AvgIpc) is 2.69. The van der Waals surface area contributed by atoms with E-state index in [4.69, 9.17) is 4.74 Å². The zero-order valence-corrected chi connectivity index (χ0v) is 12.9. The van der Waals surface area contributed by atoms with E-state index in [-0.39, 0.29) is 5.97 Å². The van der Waals surface area contributed by atoms with Crippen LogP contribution in [-0.2, 0) is 15.1 Å². The minimum Gasteiger partial charge on any atom is -0.449 e. The second kappa shape index (κ2) is 4.45. The lowest BCUT2D eigenvalue weighted by atomic mass is 9.91. The van der Waals surface area contributed by atoms with E-state index < -0.39 is 11.0 Å². The van der Waals surface area contributed by atoms with Gasteiger partial charge in [0.15, 0.2) is 5.60 Å². The van der Waals surface area contributed by atoms with E-state index in [0.29, 0.717) is 0 Å². The molecule has 0 atom stereocenters. The van der Waals surface area contributed by atoms with Gasteiger partial charge in [0, 0.05) is 11.1 Å². The fraction of sp³-hybridized carbons (Fsp3) is 0.316. The summed E-state index contributed by atoms with van der Waals surface area (Å²) in [6, 6.07) is 16.3. The summed E-state index contributed by atoms with van der Waals surface area (Å²) in [5.74, 6) is -0.184. The largest absolute Gasteiger partial charge is 0.449 e. The van der Waals surface area contributed by atoms with Crippen LogP contribution >= 0.6 is 0 Å². The van der Waals surface area contributed by atoms with E-state index in [2.05, 4.69) is 12.1 Å². The van der Waals surface area contributed by atoms with Crippen molar-refractivity contribution in [2.24, 2.45) is 5.41 Å². The van der Waals surface area contributed by atoms with Crippen molar-refractivity contribution in [2.45, 2.75) is 33.3 Å². The Kier molecular flexibility index (Phi) is 2.94. The number of esters is 1. The standard InChI is InChI=1S/C19H20O2/c1-18(2,3)17(20)21-19(4)15-11-7-5-9-13(15)14-10-6-8-12-16(14)19/h5-12H,1-4H3. The van der Waals surface area contributed by atoms with Gasteiger partial charge < -0.3 is 4.74 Å². The van der Waals surface area contributed by atoms with Crippen LogP contribution in [-0.4, -0.2) is 5.97 Å². The molecule has 0 saturated carbocycles. The quantitative estimate of drug-likeness (QED) is 0.718. The Morgan fingerprint density at radius 2 is 1.33 bits per heavy atom. The van der Waals surface area contributed by atoms with Gasteiger partial charge >= 0.3 is 5.97 Å². The van der Waals surface area contributed by atoms with E-state index in [1.165, 1.54) is 0 Å². The maximum atomic E-state index is 12.4. The lowest BCUT2D eigenvalue weighted by Crippen LogP contribution is -2.34. The fourth-order valence-electron chi connectivity index (χ4n) is 2.86. The summed E-state index contributed by atoms with van der Waals surface area (Å²) in [6.45, 7) is 7.63. The predicted molar refractivity (Wildman–Crippen MR) is 83.9 cm³/mol. The first-order valence-electron chi connectivity index (χ1n) is 7.27. The zero-order chi connectivity index (χ0) is 15.3. The first-order chi connectivity index (χ1) is 9.84. The maximum absolute atomic E-state index is 12.4. The second-order valence-corrected chi connectivity index (χ2v) is 6.76. The van der Waals surface area contributed by atoms with Gasteiger partial charge in [-0.05, 0) is 38.8 Å². The second-order valence-electron chi connectivity index (χ2n) is 6.76. The van der Waals surface area contributed by atoms with Gasteiger partial charge in [-0.15, -0.1) is 0 Å². The van der Waals surface area contributed by atoms with Crippen molar-refractivity contribution < 1.29 is 9.53 Å². The number of hydrogen-bond donors (Lipinski definition) is 0. The van der Waals surface area contributed by atoms with Gasteiger partial charge in [0.2, 0.25) is 0 Å². The van der Waals surface area contributed by atoms with Crippen LogP contribution in [0.3, 0.4) is 0 Å². The van der Waals surface area contributed by atoms with Crippen molar-refractivity contribution in [3.8, 4) is 11.1 Å². The van der Waals surface area contributed by atoms with Gasteiger partial charge in [-0.3, -0.25) is 4.79 Å². The molecule has 0 bridgehead atoms. The molecule has 0 saturated heterocycles. The van der Waals surface area contributed by atoms with Crippen molar-refractivity contribution in [3.63, 3.8) is 0 Å². The average molecular weight is 280 g/mol. The van der Waals surface area contributed by atoms with Crippen molar-refractivity contribution in [1.29, 1.82) is 0 Å². The fourth-order valence-corrected chi connectivity index (χ4v) is 2.86. The van der Waals surface area contributed by atoms with Crippen LogP contribution in [0.2, 0.25) is 0 Å². The van der Waals surface area contributed by atoms with Crippen molar-refractivity contribution in [1.82, 2.24) is 0 Å². The minimum absolute atomic E-state index is 0.184. The monoisotopic (exact) mass is 280 g/mol. The Balaban J connectivity index is 2.16. The van der Waals surface area contributed by atoms with Gasteiger partial charge in [-0.1, -0.05) is 48.5 Å². The van der Waals surface area contributed by atoms with Crippen LogP contribution < -0.4 is 0 Å². The van der Waals surface area contributed by atoms with Gasteiger partial charge in [-0.2, -0.15) is 0 Å². The molecule has 0 aromatic heterocycles. The lowest BCUT2D eigenvalue weighted by Gasteiger charge is -2.31. The Labute approximate surface area is 125 Å². The third-order valence-electron chi connectivity index (χ3n) is 4.08. The molecule has 108 valence electrons. The molecule has 0 unspecified atom stereocenters. The Hall–Kier alpha value is -2.09. The van der Waals surface area contributed by atoms with Gasteiger partial charge in [-0.25, -0.2) is 0 Å². The molecule has 1 aliphatic rings. The van der Waals surface area contributed by atoms with Crippen LogP contribution in [0, 0.1) is 5.41 Å². The number of benzene rings is 2. The molecule has 0 N–H and O–H groups in total. The first-order valence-corrected chi connectivity index (χ1v) is 7.27.